The molecule has 0 aromatic heterocycles. The molecular formula is C19H19ClFN3O3. The summed E-state index contributed by atoms with van der Waals surface area (Å²) in [6.45, 7) is 0.119. The summed E-state index contributed by atoms with van der Waals surface area (Å²) in [5.41, 5.74) is 0.525. The van der Waals surface area contributed by atoms with E-state index in [1.54, 1.807) is 43.3 Å². The fourth-order valence-corrected chi connectivity index (χ4v) is 2.88. The highest BCUT2D eigenvalue weighted by molar-refractivity contribution is 6.31. The summed E-state index contributed by atoms with van der Waals surface area (Å²) in [6.07, 6.45) is 2.58. The monoisotopic (exact) mass is 391 g/mol. The highest BCUT2D eigenvalue weighted by Crippen LogP contribution is 2.28. The molecule has 142 valence electrons. The number of nitro groups is 1. The maximum Gasteiger partial charge on any atom is 0.276 e. The van der Waals surface area contributed by atoms with Crippen LogP contribution in [0.4, 0.5) is 10.1 Å². The summed E-state index contributed by atoms with van der Waals surface area (Å²) in [7, 11) is 3.51. The van der Waals surface area contributed by atoms with E-state index in [2.05, 4.69) is 5.32 Å². The molecule has 27 heavy (non-hydrogen) atoms. The topological polar surface area (TPSA) is 75.5 Å². The first-order chi connectivity index (χ1) is 12.8. The van der Waals surface area contributed by atoms with Crippen molar-refractivity contribution in [2.75, 3.05) is 20.6 Å². The summed E-state index contributed by atoms with van der Waals surface area (Å²) in [5, 5.41) is 13.9. The van der Waals surface area contributed by atoms with Crippen LogP contribution in [0.15, 0.2) is 48.5 Å². The van der Waals surface area contributed by atoms with Crippen LogP contribution in [0.3, 0.4) is 0 Å². The van der Waals surface area contributed by atoms with Crippen LogP contribution in [-0.4, -0.2) is 36.4 Å². The van der Waals surface area contributed by atoms with Crippen molar-refractivity contribution in [3.8, 4) is 0 Å². The van der Waals surface area contributed by atoms with Gasteiger partial charge in [0.05, 0.1) is 16.5 Å². The average Bonchev–Trinajstić information content (AvgIpc) is 2.62. The summed E-state index contributed by atoms with van der Waals surface area (Å²) in [4.78, 5) is 24.3. The smallest absolute Gasteiger partial charge is 0.276 e. The van der Waals surface area contributed by atoms with Crippen molar-refractivity contribution in [2.24, 2.45) is 0 Å². The number of carbonyl (C=O) groups is 1. The molecule has 1 atom stereocenters. The van der Waals surface area contributed by atoms with Crippen LogP contribution >= 0.6 is 11.6 Å². The zero-order valence-electron chi connectivity index (χ0n) is 14.9. The van der Waals surface area contributed by atoms with Gasteiger partial charge in [-0.25, -0.2) is 4.39 Å². The number of benzene rings is 2. The fourth-order valence-electron chi connectivity index (χ4n) is 2.59. The van der Waals surface area contributed by atoms with E-state index in [-0.39, 0.29) is 17.3 Å². The van der Waals surface area contributed by atoms with E-state index < -0.39 is 22.7 Å². The van der Waals surface area contributed by atoms with Crippen LogP contribution < -0.4 is 5.32 Å². The molecule has 0 aliphatic carbocycles. The van der Waals surface area contributed by atoms with Gasteiger partial charge in [-0.15, -0.1) is 0 Å². The molecule has 0 fully saturated rings. The second-order valence-electron chi connectivity index (χ2n) is 6.01. The van der Waals surface area contributed by atoms with E-state index in [1.807, 2.05) is 0 Å². The third-order valence-electron chi connectivity index (χ3n) is 3.97. The molecule has 1 unspecified atom stereocenters. The van der Waals surface area contributed by atoms with Crippen LogP contribution in [0.25, 0.3) is 6.08 Å². The van der Waals surface area contributed by atoms with Gasteiger partial charge in [-0.1, -0.05) is 29.8 Å². The van der Waals surface area contributed by atoms with E-state index in [4.69, 9.17) is 11.6 Å². The Labute approximate surface area is 161 Å². The minimum absolute atomic E-state index is 0.0918. The number of rotatable bonds is 7. The molecule has 6 nitrogen and oxygen atoms in total. The molecule has 0 saturated heterocycles. The molecule has 0 heterocycles. The van der Waals surface area contributed by atoms with Crippen LogP contribution in [-0.2, 0) is 4.79 Å². The number of hydrogen-bond acceptors (Lipinski definition) is 4. The van der Waals surface area contributed by atoms with Gasteiger partial charge in [-0.3, -0.25) is 14.9 Å². The molecule has 0 radical (unpaired) electrons. The van der Waals surface area contributed by atoms with Crippen LogP contribution in [0.5, 0.6) is 0 Å². The molecule has 0 aliphatic heterocycles. The highest BCUT2D eigenvalue weighted by Gasteiger charge is 2.21. The average molecular weight is 392 g/mol. The van der Waals surface area contributed by atoms with Gasteiger partial charge in [-0.2, -0.15) is 0 Å². The Morgan fingerprint density at radius 2 is 2.00 bits per heavy atom. The summed E-state index contributed by atoms with van der Waals surface area (Å²) in [5.74, 6) is -0.904. The number of para-hydroxylation sites is 1. The number of nitrogens with zero attached hydrogens (tertiary/aromatic N) is 2. The molecule has 2 rings (SSSR count). The molecule has 8 heteroatoms. The minimum atomic E-state index is -0.514. The van der Waals surface area contributed by atoms with Crippen molar-refractivity contribution in [3.63, 3.8) is 0 Å². The lowest BCUT2D eigenvalue weighted by molar-refractivity contribution is -0.385. The van der Waals surface area contributed by atoms with Gasteiger partial charge < -0.3 is 10.2 Å². The SMILES string of the molecule is CN(C)C(CNC(=O)/C=C/c1ccccc1[N+](=O)[O-])c1c(F)cccc1Cl. The molecule has 2 aromatic carbocycles. The third-order valence-corrected chi connectivity index (χ3v) is 4.30. The summed E-state index contributed by atoms with van der Waals surface area (Å²) >= 11 is 6.11. The Morgan fingerprint density at radius 3 is 2.63 bits per heavy atom. The van der Waals surface area contributed by atoms with Crippen molar-refractivity contribution < 1.29 is 14.1 Å². The number of likely N-dealkylation sites (N-methyl/N-ethyl adjacent to an activating group) is 1. The standard InChI is InChI=1S/C19H19ClFN3O3/c1-23(2)17(19-14(20)7-5-8-15(19)21)12-22-18(25)11-10-13-6-3-4-9-16(13)24(26)27/h3-11,17H,12H2,1-2H3,(H,22,25)/b11-10+. The maximum absolute atomic E-state index is 14.2. The van der Waals surface area contributed by atoms with Crippen molar-refractivity contribution in [3.05, 3.63) is 80.6 Å². The molecule has 0 saturated carbocycles. The van der Waals surface area contributed by atoms with E-state index in [0.29, 0.717) is 11.1 Å². The predicted molar refractivity (Wildman–Crippen MR) is 103 cm³/mol. The van der Waals surface area contributed by atoms with Crippen molar-refractivity contribution >= 4 is 29.3 Å². The number of carbonyl (C=O) groups excluding carboxylic acids is 1. The Kier molecular flexibility index (Phi) is 7.04. The lowest BCUT2D eigenvalue weighted by Crippen LogP contribution is -2.34. The maximum atomic E-state index is 14.2. The second kappa shape index (κ2) is 9.25. The van der Waals surface area contributed by atoms with Crippen LogP contribution in [0.2, 0.25) is 5.02 Å². The van der Waals surface area contributed by atoms with Gasteiger partial charge in [0.1, 0.15) is 5.82 Å². The predicted octanol–water partition coefficient (Wildman–Crippen LogP) is 3.82. The van der Waals surface area contributed by atoms with Gasteiger partial charge >= 0.3 is 0 Å². The Balaban J connectivity index is 2.10. The normalized spacial score (nSPS) is 12.3. The quantitative estimate of drug-likeness (QED) is 0.442. The Hall–Kier alpha value is -2.77. The molecule has 1 amide bonds. The largest absolute Gasteiger partial charge is 0.351 e. The molecule has 0 aliphatic rings. The van der Waals surface area contributed by atoms with Gasteiger partial charge in [0.2, 0.25) is 5.91 Å². The number of hydrogen-bond donors (Lipinski definition) is 1. The zero-order valence-corrected chi connectivity index (χ0v) is 15.6. The third kappa shape index (κ3) is 5.35. The van der Waals surface area contributed by atoms with Crippen LogP contribution in [0.1, 0.15) is 17.2 Å². The fraction of sp³-hybridized carbons (Fsp3) is 0.211. The molecule has 1 N–H and O–H groups in total. The lowest BCUT2D eigenvalue weighted by atomic mass is 10.0. The Bertz CT molecular complexity index is 851. The van der Waals surface area contributed by atoms with Crippen molar-refractivity contribution in [2.45, 2.75) is 6.04 Å². The lowest BCUT2D eigenvalue weighted by Gasteiger charge is -2.26. The van der Waals surface area contributed by atoms with Crippen molar-refractivity contribution in [1.82, 2.24) is 10.2 Å². The zero-order chi connectivity index (χ0) is 20.0. The van der Waals surface area contributed by atoms with Crippen LogP contribution in [0, 0.1) is 15.9 Å². The highest BCUT2D eigenvalue weighted by atomic mass is 35.5. The first-order valence-corrected chi connectivity index (χ1v) is 8.48. The number of amides is 1. The van der Waals surface area contributed by atoms with Gasteiger partial charge in [-0.05, 0) is 38.4 Å². The van der Waals surface area contributed by atoms with E-state index >= 15 is 0 Å². The van der Waals surface area contributed by atoms with E-state index in [9.17, 15) is 19.3 Å². The summed E-state index contributed by atoms with van der Waals surface area (Å²) in [6, 6.07) is 10.1. The molecule has 0 spiro atoms. The summed E-state index contributed by atoms with van der Waals surface area (Å²) < 4.78 is 14.2. The van der Waals surface area contributed by atoms with Gasteiger partial charge in [0.25, 0.3) is 5.69 Å². The Morgan fingerprint density at radius 1 is 1.30 bits per heavy atom. The number of nitro benzene ring substituents is 1. The van der Waals surface area contributed by atoms with Gasteiger partial charge in [0, 0.05) is 29.3 Å². The van der Waals surface area contributed by atoms with Gasteiger partial charge in [0.15, 0.2) is 0 Å². The molecule has 2 aromatic rings. The number of halogens is 2. The van der Waals surface area contributed by atoms with E-state index in [1.165, 1.54) is 30.4 Å². The van der Waals surface area contributed by atoms with E-state index in [0.717, 1.165) is 0 Å². The number of nitrogens with one attached hydrogen (secondary N) is 1. The second-order valence-corrected chi connectivity index (χ2v) is 6.42. The van der Waals surface area contributed by atoms with Crippen molar-refractivity contribution in [1.29, 1.82) is 0 Å². The minimum Gasteiger partial charge on any atom is -0.351 e. The first kappa shape index (κ1) is 20.5. The molecular weight excluding hydrogens is 373 g/mol. The first-order valence-electron chi connectivity index (χ1n) is 8.11. The molecule has 0 bridgehead atoms.